The van der Waals surface area contributed by atoms with Crippen LogP contribution in [0.3, 0.4) is 0 Å². The van der Waals surface area contributed by atoms with E-state index in [-0.39, 0.29) is 16.6 Å². The van der Waals surface area contributed by atoms with Gasteiger partial charge in [-0.15, -0.1) is 11.3 Å². The van der Waals surface area contributed by atoms with Gasteiger partial charge >= 0.3 is 0 Å². The molecule has 0 aromatic carbocycles. The van der Waals surface area contributed by atoms with Crippen LogP contribution in [0.1, 0.15) is 42.2 Å². The van der Waals surface area contributed by atoms with Crippen LogP contribution in [0.4, 0.5) is 5.82 Å². The smallest absolute Gasteiger partial charge is 0.180 e. The van der Waals surface area contributed by atoms with E-state index in [1.165, 1.54) is 10.8 Å². The van der Waals surface area contributed by atoms with Gasteiger partial charge < -0.3 is 11.1 Å². The molecule has 4 aromatic rings. The van der Waals surface area contributed by atoms with Crippen molar-refractivity contribution in [2.75, 3.05) is 12.0 Å². The molecule has 11 heteroatoms. The molecule has 0 aliphatic carbocycles. The first-order valence-corrected chi connectivity index (χ1v) is 14.0. The minimum absolute atomic E-state index is 0.0344. The normalized spacial score (nSPS) is 22.5. The van der Waals surface area contributed by atoms with Gasteiger partial charge in [-0.25, -0.2) is 18.4 Å². The van der Waals surface area contributed by atoms with Crippen molar-refractivity contribution >= 4 is 32.6 Å². The number of piperidine rings is 1. The number of pyridine rings is 1. The van der Waals surface area contributed by atoms with Crippen LogP contribution in [-0.2, 0) is 9.84 Å². The third kappa shape index (κ3) is 3.58. The number of hydrogen-bond acceptors (Lipinski definition) is 9. The second kappa shape index (κ2) is 7.82. The molecule has 3 atom stereocenters. The van der Waals surface area contributed by atoms with Gasteiger partial charge in [0.15, 0.2) is 15.5 Å². The quantitative estimate of drug-likeness (QED) is 0.442. The number of thiazole rings is 1. The van der Waals surface area contributed by atoms with E-state index in [1.807, 2.05) is 25.3 Å². The van der Waals surface area contributed by atoms with E-state index >= 15 is 0 Å². The Morgan fingerprint density at radius 2 is 1.88 bits per heavy atom. The summed E-state index contributed by atoms with van der Waals surface area (Å²) in [6.07, 6.45) is 10.4. The van der Waals surface area contributed by atoms with Gasteiger partial charge in [0.1, 0.15) is 15.7 Å². The number of aryl methyl sites for hydroxylation is 1. The van der Waals surface area contributed by atoms with Crippen molar-refractivity contribution in [3.05, 3.63) is 41.3 Å². The summed E-state index contributed by atoms with van der Waals surface area (Å²) in [5.41, 5.74) is 9.95. The molecule has 4 aromatic heterocycles. The van der Waals surface area contributed by atoms with Crippen LogP contribution in [0.2, 0.25) is 0 Å². The third-order valence-electron chi connectivity index (χ3n) is 6.81. The van der Waals surface area contributed by atoms with E-state index in [0.29, 0.717) is 23.4 Å². The topological polar surface area (TPSA) is 128 Å². The first-order chi connectivity index (χ1) is 16.3. The lowest BCUT2D eigenvalue weighted by molar-refractivity contribution is 0.355. The van der Waals surface area contributed by atoms with Crippen molar-refractivity contribution in [2.24, 2.45) is 0 Å². The number of nitrogens with zero attached hydrogens (tertiary/aromatic N) is 5. The van der Waals surface area contributed by atoms with E-state index in [0.717, 1.165) is 52.4 Å². The summed E-state index contributed by atoms with van der Waals surface area (Å²) in [6.45, 7) is 2.01. The summed E-state index contributed by atoms with van der Waals surface area (Å²) in [5, 5.41) is 8.88. The monoisotopic (exact) mass is 495 g/mol. The first-order valence-electron chi connectivity index (χ1n) is 11.3. The Morgan fingerprint density at radius 1 is 1.12 bits per heavy atom. The number of fused-ring (bicyclic) bond motifs is 3. The lowest BCUT2D eigenvalue weighted by Crippen LogP contribution is -2.38. The summed E-state index contributed by atoms with van der Waals surface area (Å²) in [7, 11) is -3.60. The van der Waals surface area contributed by atoms with Gasteiger partial charge in [0.2, 0.25) is 0 Å². The molecule has 0 radical (unpaired) electrons. The van der Waals surface area contributed by atoms with Crippen LogP contribution in [0, 0.1) is 6.92 Å². The lowest BCUT2D eigenvalue weighted by Gasteiger charge is -2.30. The van der Waals surface area contributed by atoms with Crippen LogP contribution in [-0.4, -0.2) is 51.3 Å². The standard InChI is InChI=1S/C23H25N7O2S2/c1-12-9-26-23(33-12)18-6-3-13(10-25-18)17-11-27-30-21(24)20(34(2,31)32)19(29-22(17)30)14-7-15-4-5-16(8-14)28-15/h3,6,9-11,14-16,28H,4-5,7-8,24H2,1-2H3/t14?,15-,16?/m0/s1. The van der Waals surface area contributed by atoms with Crippen molar-refractivity contribution in [1.29, 1.82) is 0 Å². The fourth-order valence-electron chi connectivity index (χ4n) is 5.31. The molecular formula is C23H25N7O2S2. The maximum absolute atomic E-state index is 12.8. The molecule has 9 nitrogen and oxygen atoms in total. The zero-order valence-electron chi connectivity index (χ0n) is 18.9. The zero-order chi connectivity index (χ0) is 23.6. The summed E-state index contributed by atoms with van der Waals surface area (Å²) in [6, 6.07) is 4.68. The summed E-state index contributed by atoms with van der Waals surface area (Å²) in [4.78, 5) is 15.1. The molecule has 2 aliphatic rings. The van der Waals surface area contributed by atoms with Crippen LogP contribution < -0.4 is 11.1 Å². The molecule has 6 rings (SSSR count). The van der Waals surface area contributed by atoms with Crippen molar-refractivity contribution in [2.45, 2.75) is 55.5 Å². The van der Waals surface area contributed by atoms with Gasteiger partial charge in [0, 0.05) is 52.7 Å². The maximum Gasteiger partial charge on any atom is 0.180 e. The Kier molecular flexibility index (Phi) is 4.98. The highest BCUT2D eigenvalue weighted by Gasteiger charge is 2.38. The van der Waals surface area contributed by atoms with Crippen molar-refractivity contribution in [1.82, 2.24) is 29.9 Å². The van der Waals surface area contributed by atoms with Gasteiger partial charge in [-0.1, -0.05) is 6.07 Å². The van der Waals surface area contributed by atoms with Gasteiger partial charge in [-0.3, -0.25) is 4.98 Å². The molecule has 2 bridgehead atoms. The Balaban J connectivity index is 1.48. The van der Waals surface area contributed by atoms with E-state index in [9.17, 15) is 8.42 Å². The molecular weight excluding hydrogens is 470 g/mol. The van der Waals surface area contributed by atoms with E-state index in [1.54, 1.807) is 23.7 Å². The minimum Gasteiger partial charge on any atom is -0.382 e. The molecule has 6 heterocycles. The van der Waals surface area contributed by atoms with Crippen molar-refractivity contribution in [3.63, 3.8) is 0 Å². The highest BCUT2D eigenvalue weighted by atomic mass is 32.2. The number of rotatable bonds is 4. The van der Waals surface area contributed by atoms with E-state index < -0.39 is 9.84 Å². The Hall–Kier alpha value is -2.89. The summed E-state index contributed by atoms with van der Waals surface area (Å²) in [5.74, 6) is 0.148. The van der Waals surface area contributed by atoms with Crippen molar-refractivity contribution in [3.8, 4) is 21.8 Å². The molecule has 0 saturated carbocycles. The number of anilines is 1. The second-order valence-electron chi connectivity index (χ2n) is 9.29. The second-order valence-corrected chi connectivity index (χ2v) is 12.5. The lowest BCUT2D eigenvalue weighted by atomic mass is 9.89. The number of hydrogen-bond donors (Lipinski definition) is 2. The molecule has 2 fully saturated rings. The maximum atomic E-state index is 12.8. The molecule has 34 heavy (non-hydrogen) atoms. The molecule has 2 aliphatic heterocycles. The molecule has 2 unspecified atom stereocenters. The fraction of sp³-hybridized carbons (Fsp3) is 0.391. The number of aromatic nitrogens is 5. The first kappa shape index (κ1) is 21.6. The van der Waals surface area contributed by atoms with E-state index in [4.69, 9.17) is 10.7 Å². The number of nitrogen functional groups attached to an aromatic ring is 1. The van der Waals surface area contributed by atoms with E-state index in [2.05, 4.69) is 20.4 Å². The molecule has 176 valence electrons. The largest absolute Gasteiger partial charge is 0.382 e. The third-order valence-corrected chi connectivity index (χ3v) is 8.90. The SMILES string of the molecule is Cc1cnc(-c2ccc(-c3cnn4c(N)c(S(C)(=O)=O)c(C5CC6CC[C@@H](C5)N6)nc34)cn2)s1. The number of nitrogens with two attached hydrogens (primary N) is 1. The predicted molar refractivity (Wildman–Crippen MR) is 132 cm³/mol. The van der Waals surface area contributed by atoms with Crippen LogP contribution in [0.25, 0.3) is 27.5 Å². The minimum atomic E-state index is -3.60. The Morgan fingerprint density at radius 3 is 2.50 bits per heavy atom. The van der Waals surface area contributed by atoms with Gasteiger partial charge in [-0.2, -0.15) is 9.61 Å². The summed E-state index contributed by atoms with van der Waals surface area (Å²) >= 11 is 1.59. The Bertz CT molecular complexity index is 1500. The van der Waals surface area contributed by atoms with Gasteiger partial charge in [0.25, 0.3) is 0 Å². The van der Waals surface area contributed by atoms with Crippen molar-refractivity contribution < 1.29 is 8.42 Å². The number of nitrogens with one attached hydrogen (secondary N) is 1. The average molecular weight is 496 g/mol. The summed E-state index contributed by atoms with van der Waals surface area (Å²) < 4.78 is 27.0. The molecule has 2 saturated heterocycles. The predicted octanol–water partition coefficient (Wildman–Crippen LogP) is 3.21. The van der Waals surface area contributed by atoms with Crippen LogP contribution in [0.5, 0.6) is 0 Å². The van der Waals surface area contributed by atoms with Gasteiger partial charge in [0.05, 0.1) is 17.6 Å². The fourth-order valence-corrected chi connectivity index (χ4v) is 7.11. The highest BCUT2D eigenvalue weighted by Crippen LogP contribution is 2.41. The van der Waals surface area contributed by atoms with Gasteiger partial charge in [-0.05, 0) is 38.7 Å². The Labute approximate surface area is 201 Å². The molecule has 0 spiro atoms. The molecule has 0 amide bonds. The highest BCUT2D eigenvalue weighted by molar-refractivity contribution is 7.91. The zero-order valence-corrected chi connectivity index (χ0v) is 20.5. The number of sulfone groups is 1. The molecule has 3 N–H and O–H groups in total. The van der Waals surface area contributed by atoms with Crippen LogP contribution in [0.15, 0.2) is 35.6 Å². The average Bonchev–Trinajstić information content (AvgIpc) is 3.51. The van der Waals surface area contributed by atoms with Crippen LogP contribution >= 0.6 is 11.3 Å².